The number of fused-ring (bicyclic) bond motifs is 1. The van der Waals surface area contributed by atoms with Crippen LogP contribution in [0.4, 0.5) is 5.69 Å². The topological polar surface area (TPSA) is 37.4 Å². The molecule has 0 aromatic heterocycles. The van der Waals surface area contributed by atoms with E-state index in [9.17, 15) is 9.59 Å². The van der Waals surface area contributed by atoms with E-state index >= 15 is 0 Å². The van der Waals surface area contributed by atoms with Crippen LogP contribution in [-0.2, 0) is 0 Å². The Hall–Kier alpha value is -1.26. The maximum atomic E-state index is 12.4. The van der Waals surface area contributed by atoms with Gasteiger partial charge in [-0.25, -0.2) is 4.90 Å². The maximum Gasteiger partial charge on any atom is 0.266 e. The van der Waals surface area contributed by atoms with Gasteiger partial charge in [0.2, 0.25) is 0 Å². The Morgan fingerprint density at radius 2 is 1.24 bits per heavy atom. The number of rotatable bonds is 1. The van der Waals surface area contributed by atoms with E-state index in [4.69, 9.17) is 46.4 Å². The Balaban J connectivity index is 2.18. The molecule has 0 saturated heterocycles. The first-order valence-corrected chi connectivity index (χ1v) is 7.24. The lowest BCUT2D eigenvalue weighted by Gasteiger charge is -2.15. The van der Waals surface area contributed by atoms with E-state index in [0.717, 1.165) is 4.90 Å². The van der Waals surface area contributed by atoms with Crippen molar-refractivity contribution in [3.05, 3.63) is 61.5 Å². The molecular formula is C14H5Cl4NO2. The third kappa shape index (κ3) is 2.30. The molecule has 7 heteroatoms. The standard InChI is InChI=1S/C14H5Cl4NO2/c15-6-1-2-9(16)12(3-6)19-13(20)7-4-10(17)11(18)5-8(7)14(19)21/h1-5H. The molecule has 2 aromatic rings. The number of amides is 2. The molecule has 0 atom stereocenters. The third-order valence-electron chi connectivity index (χ3n) is 3.08. The number of halogens is 4. The highest BCUT2D eigenvalue weighted by Gasteiger charge is 2.38. The normalized spacial score (nSPS) is 13.8. The Kier molecular flexibility index (Phi) is 3.62. The quantitative estimate of drug-likeness (QED) is 0.663. The van der Waals surface area contributed by atoms with Crippen LogP contribution in [0, 0.1) is 0 Å². The molecular weight excluding hydrogens is 356 g/mol. The van der Waals surface area contributed by atoms with Gasteiger partial charge in [0, 0.05) is 5.02 Å². The fourth-order valence-corrected chi connectivity index (χ4v) is 2.81. The zero-order chi connectivity index (χ0) is 15.3. The summed E-state index contributed by atoms with van der Waals surface area (Å²) in [4.78, 5) is 25.8. The van der Waals surface area contributed by atoms with Crippen LogP contribution in [0.3, 0.4) is 0 Å². The summed E-state index contributed by atoms with van der Waals surface area (Å²) in [6.45, 7) is 0. The Bertz CT molecular complexity index is 763. The fourth-order valence-electron chi connectivity index (χ4n) is 2.11. The minimum atomic E-state index is -0.516. The second kappa shape index (κ2) is 5.18. The monoisotopic (exact) mass is 359 g/mol. The Morgan fingerprint density at radius 3 is 1.76 bits per heavy atom. The summed E-state index contributed by atoms with van der Waals surface area (Å²) in [7, 11) is 0. The van der Waals surface area contributed by atoms with Crippen LogP contribution in [0.5, 0.6) is 0 Å². The van der Waals surface area contributed by atoms with Crippen LogP contribution in [0.1, 0.15) is 20.7 Å². The van der Waals surface area contributed by atoms with E-state index in [1.165, 1.54) is 24.3 Å². The largest absolute Gasteiger partial charge is 0.268 e. The number of benzene rings is 2. The van der Waals surface area contributed by atoms with Crippen molar-refractivity contribution in [2.75, 3.05) is 4.90 Å². The van der Waals surface area contributed by atoms with E-state index in [1.54, 1.807) is 6.07 Å². The van der Waals surface area contributed by atoms with Gasteiger partial charge in [-0.05, 0) is 30.3 Å². The maximum absolute atomic E-state index is 12.4. The lowest BCUT2D eigenvalue weighted by molar-refractivity contribution is 0.0926. The average molecular weight is 361 g/mol. The zero-order valence-electron chi connectivity index (χ0n) is 10.2. The van der Waals surface area contributed by atoms with Crippen LogP contribution in [0.15, 0.2) is 30.3 Å². The van der Waals surface area contributed by atoms with Gasteiger partial charge in [-0.15, -0.1) is 0 Å². The highest BCUT2D eigenvalue weighted by Crippen LogP contribution is 2.37. The first-order valence-electron chi connectivity index (χ1n) is 5.73. The first kappa shape index (κ1) is 14.7. The molecule has 0 fully saturated rings. The first-order chi connectivity index (χ1) is 9.90. The Morgan fingerprint density at radius 1 is 0.714 bits per heavy atom. The third-order valence-corrected chi connectivity index (χ3v) is 4.35. The zero-order valence-corrected chi connectivity index (χ0v) is 13.2. The Labute approximate surface area is 140 Å². The molecule has 0 bridgehead atoms. The molecule has 106 valence electrons. The summed E-state index contributed by atoms with van der Waals surface area (Å²) in [6, 6.07) is 7.28. The minimum Gasteiger partial charge on any atom is -0.268 e. The molecule has 0 aliphatic carbocycles. The van der Waals surface area contributed by atoms with Gasteiger partial charge in [-0.3, -0.25) is 9.59 Å². The van der Waals surface area contributed by atoms with Gasteiger partial charge in [0.1, 0.15) is 0 Å². The van der Waals surface area contributed by atoms with Gasteiger partial charge in [0.15, 0.2) is 0 Å². The van der Waals surface area contributed by atoms with Crippen LogP contribution in [-0.4, -0.2) is 11.8 Å². The summed E-state index contributed by atoms with van der Waals surface area (Å²) in [5.74, 6) is -1.03. The van der Waals surface area contributed by atoms with E-state index in [0.29, 0.717) is 5.02 Å². The predicted octanol–water partition coefficient (Wildman–Crippen LogP) is 5.10. The number of hydrogen-bond acceptors (Lipinski definition) is 2. The molecule has 1 aliphatic heterocycles. The lowest BCUT2D eigenvalue weighted by Crippen LogP contribution is -2.29. The lowest BCUT2D eigenvalue weighted by atomic mass is 10.1. The number of carbonyl (C=O) groups excluding carboxylic acids is 2. The summed E-state index contributed by atoms with van der Waals surface area (Å²) in [5.41, 5.74) is 0.596. The van der Waals surface area contributed by atoms with Crippen LogP contribution in [0.2, 0.25) is 20.1 Å². The van der Waals surface area contributed by atoms with Gasteiger partial charge in [0.25, 0.3) is 11.8 Å². The van der Waals surface area contributed by atoms with Crippen molar-refractivity contribution in [1.29, 1.82) is 0 Å². The molecule has 0 spiro atoms. The number of anilines is 1. The van der Waals surface area contributed by atoms with Crippen LogP contribution < -0.4 is 4.90 Å². The van der Waals surface area contributed by atoms with Crippen LogP contribution in [0.25, 0.3) is 0 Å². The molecule has 21 heavy (non-hydrogen) atoms. The van der Waals surface area contributed by atoms with E-state index in [1.807, 2.05) is 0 Å². The molecule has 1 heterocycles. The molecule has 0 unspecified atom stereocenters. The number of imide groups is 1. The summed E-state index contributed by atoms with van der Waals surface area (Å²) >= 11 is 23.7. The van der Waals surface area contributed by atoms with E-state index < -0.39 is 11.8 Å². The molecule has 2 aromatic carbocycles. The van der Waals surface area contributed by atoms with Gasteiger partial charge >= 0.3 is 0 Å². The van der Waals surface area contributed by atoms with Crippen molar-refractivity contribution < 1.29 is 9.59 Å². The van der Waals surface area contributed by atoms with Crippen molar-refractivity contribution in [2.24, 2.45) is 0 Å². The molecule has 2 amide bonds. The summed E-state index contributed by atoms with van der Waals surface area (Å²) in [5, 5.41) is 1.01. The second-order valence-corrected chi connectivity index (χ2v) is 6.01. The van der Waals surface area contributed by atoms with Gasteiger partial charge in [-0.2, -0.15) is 0 Å². The smallest absolute Gasteiger partial charge is 0.266 e. The van der Waals surface area contributed by atoms with Gasteiger partial charge in [-0.1, -0.05) is 46.4 Å². The molecule has 3 rings (SSSR count). The van der Waals surface area contributed by atoms with Gasteiger partial charge < -0.3 is 0 Å². The van der Waals surface area contributed by atoms with Crippen molar-refractivity contribution >= 4 is 63.9 Å². The van der Waals surface area contributed by atoms with Gasteiger partial charge in [0.05, 0.1) is 31.9 Å². The molecule has 3 nitrogen and oxygen atoms in total. The highest BCUT2D eigenvalue weighted by molar-refractivity contribution is 6.45. The van der Waals surface area contributed by atoms with Crippen molar-refractivity contribution in [2.45, 2.75) is 0 Å². The molecule has 0 saturated carbocycles. The molecule has 0 radical (unpaired) electrons. The highest BCUT2D eigenvalue weighted by atomic mass is 35.5. The SMILES string of the molecule is O=C1c2cc(Cl)c(Cl)cc2C(=O)N1c1cc(Cl)ccc1Cl. The summed E-state index contributed by atoms with van der Waals surface area (Å²) < 4.78 is 0. The van der Waals surface area contributed by atoms with E-state index in [2.05, 4.69) is 0 Å². The number of carbonyl (C=O) groups is 2. The molecule has 0 N–H and O–H groups in total. The van der Waals surface area contributed by atoms with Crippen LogP contribution >= 0.6 is 46.4 Å². The molecule has 1 aliphatic rings. The summed E-state index contributed by atoms with van der Waals surface area (Å²) in [6.07, 6.45) is 0. The van der Waals surface area contributed by atoms with Crippen molar-refractivity contribution in [3.63, 3.8) is 0 Å². The predicted molar refractivity (Wildman–Crippen MR) is 84.1 cm³/mol. The van der Waals surface area contributed by atoms with Crippen molar-refractivity contribution in [3.8, 4) is 0 Å². The number of nitrogens with zero attached hydrogens (tertiary/aromatic N) is 1. The van der Waals surface area contributed by atoms with E-state index in [-0.39, 0.29) is 31.9 Å². The van der Waals surface area contributed by atoms with Crippen molar-refractivity contribution in [1.82, 2.24) is 0 Å². The minimum absolute atomic E-state index is 0.186. The second-order valence-electron chi connectivity index (χ2n) is 4.35. The average Bonchev–Trinajstić information content (AvgIpc) is 2.66. The fraction of sp³-hybridized carbons (Fsp3) is 0. The number of hydrogen-bond donors (Lipinski definition) is 0.